The molecule has 0 aromatic carbocycles. The SMILES string of the molecule is [CH2]CC(F)C[C@@H](F)CC. The lowest BCUT2D eigenvalue weighted by molar-refractivity contribution is 0.215. The zero-order valence-corrected chi connectivity index (χ0v) is 5.74. The molecule has 0 heterocycles. The van der Waals surface area contributed by atoms with E-state index in [4.69, 9.17) is 0 Å². The van der Waals surface area contributed by atoms with Crippen LogP contribution in [-0.4, -0.2) is 12.3 Å². The Morgan fingerprint density at radius 2 is 1.89 bits per heavy atom. The Balaban J connectivity index is 3.22. The summed E-state index contributed by atoms with van der Waals surface area (Å²) in [5, 5.41) is 0. The van der Waals surface area contributed by atoms with Gasteiger partial charge in [-0.3, -0.25) is 0 Å². The average molecular weight is 135 g/mol. The third kappa shape index (κ3) is 4.37. The van der Waals surface area contributed by atoms with Gasteiger partial charge in [-0.15, -0.1) is 0 Å². The topological polar surface area (TPSA) is 0 Å². The minimum Gasteiger partial charge on any atom is -0.247 e. The molecule has 0 saturated carbocycles. The summed E-state index contributed by atoms with van der Waals surface area (Å²) in [6.45, 7) is 5.04. The molecule has 0 aromatic rings. The van der Waals surface area contributed by atoms with E-state index >= 15 is 0 Å². The average Bonchev–Trinajstić information content (AvgIpc) is 1.87. The summed E-state index contributed by atoms with van der Waals surface area (Å²) < 4.78 is 24.6. The lowest BCUT2D eigenvalue weighted by atomic mass is 10.1. The summed E-state index contributed by atoms with van der Waals surface area (Å²) in [6, 6.07) is 0. The van der Waals surface area contributed by atoms with Crippen LogP contribution in [0.2, 0.25) is 0 Å². The fraction of sp³-hybridized carbons (Fsp3) is 0.857. The first-order valence-electron chi connectivity index (χ1n) is 3.28. The van der Waals surface area contributed by atoms with Gasteiger partial charge in [0.1, 0.15) is 12.3 Å². The predicted octanol–water partition coefficient (Wildman–Crippen LogP) is 2.69. The van der Waals surface area contributed by atoms with Gasteiger partial charge in [-0.05, 0) is 12.8 Å². The molecule has 1 unspecified atom stereocenters. The van der Waals surface area contributed by atoms with Crippen molar-refractivity contribution < 1.29 is 8.78 Å². The maximum atomic E-state index is 12.3. The van der Waals surface area contributed by atoms with Crippen molar-refractivity contribution in [2.24, 2.45) is 0 Å². The van der Waals surface area contributed by atoms with E-state index in [1.54, 1.807) is 6.92 Å². The Bertz CT molecular complexity index is 55.9. The second kappa shape index (κ2) is 4.71. The monoisotopic (exact) mass is 135 g/mol. The molecule has 0 fully saturated rings. The molecule has 0 spiro atoms. The van der Waals surface area contributed by atoms with Crippen molar-refractivity contribution in [2.45, 2.75) is 38.5 Å². The first-order valence-corrected chi connectivity index (χ1v) is 3.28. The summed E-state index contributed by atoms with van der Waals surface area (Å²) in [4.78, 5) is 0. The van der Waals surface area contributed by atoms with Gasteiger partial charge >= 0.3 is 0 Å². The smallest absolute Gasteiger partial charge is 0.103 e. The van der Waals surface area contributed by atoms with Crippen LogP contribution in [-0.2, 0) is 0 Å². The molecule has 0 rings (SSSR count). The van der Waals surface area contributed by atoms with Gasteiger partial charge in [0.15, 0.2) is 0 Å². The maximum absolute atomic E-state index is 12.3. The van der Waals surface area contributed by atoms with E-state index in [-0.39, 0.29) is 12.8 Å². The third-order valence-corrected chi connectivity index (χ3v) is 1.27. The Kier molecular flexibility index (Phi) is 4.64. The fourth-order valence-electron chi connectivity index (χ4n) is 0.562. The molecular weight excluding hydrogens is 122 g/mol. The molecule has 0 amide bonds. The van der Waals surface area contributed by atoms with E-state index in [0.29, 0.717) is 6.42 Å². The molecule has 0 saturated heterocycles. The van der Waals surface area contributed by atoms with Crippen molar-refractivity contribution >= 4 is 0 Å². The summed E-state index contributed by atoms with van der Waals surface area (Å²) in [5.74, 6) is 0. The van der Waals surface area contributed by atoms with Gasteiger partial charge in [0.25, 0.3) is 0 Å². The molecule has 0 nitrogen and oxygen atoms in total. The Morgan fingerprint density at radius 3 is 2.22 bits per heavy atom. The quantitative estimate of drug-likeness (QED) is 0.556. The van der Waals surface area contributed by atoms with Crippen LogP contribution in [0.15, 0.2) is 0 Å². The van der Waals surface area contributed by atoms with Gasteiger partial charge in [-0.1, -0.05) is 13.8 Å². The van der Waals surface area contributed by atoms with Crippen LogP contribution in [0.1, 0.15) is 26.2 Å². The summed E-state index contributed by atoms with van der Waals surface area (Å²) in [6.07, 6.45) is -1.44. The normalized spacial score (nSPS) is 17.3. The Hall–Kier alpha value is -0.140. The molecule has 1 radical (unpaired) electrons. The number of hydrogen-bond donors (Lipinski definition) is 0. The highest BCUT2D eigenvalue weighted by Gasteiger charge is 2.10. The zero-order chi connectivity index (χ0) is 7.28. The molecule has 0 aliphatic heterocycles. The molecule has 0 aromatic heterocycles. The highest BCUT2D eigenvalue weighted by atomic mass is 19.1. The van der Waals surface area contributed by atoms with E-state index < -0.39 is 12.3 Å². The molecule has 9 heavy (non-hydrogen) atoms. The molecule has 0 bridgehead atoms. The lowest BCUT2D eigenvalue weighted by Gasteiger charge is -2.06. The summed E-state index contributed by atoms with van der Waals surface area (Å²) in [5.41, 5.74) is 0. The van der Waals surface area contributed by atoms with Crippen molar-refractivity contribution in [1.82, 2.24) is 0 Å². The van der Waals surface area contributed by atoms with Gasteiger partial charge in [-0.2, -0.15) is 0 Å². The highest BCUT2D eigenvalue weighted by molar-refractivity contribution is 4.63. The van der Waals surface area contributed by atoms with E-state index in [0.717, 1.165) is 0 Å². The van der Waals surface area contributed by atoms with Crippen LogP contribution in [0.5, 0.6) is 0 Å². The largest absolute Gasteiger partial charge is 0.247 e. The van der Waals surface area contributed by atoms with Crippen LogP contribution >= 0.6 is 0 Å². The predicted molar refractivity (Wildman–Crippen MR) is 34.7 cm³/mol. The van der Waals surface area contributed by atoms with Crippen molar-refractivity contribution in [3.05, 3.63) is 6.92 Å². The van der Waals surface area contributed by atoms with Gasteiger partial charge in [0.05, 0.1) is 0 Å². The fourth-order valence-corrected chi connectivity index (χ4v) is 0.562. The number of hydrogen-bond acceptors (Lipinski definition) is 0. The molecule has 55 valence electrons. The molecule has 0 N–H and O–H groups in total. The first kappa shape index (κ1) is 8.86. The van der Waals surface area contributed by atoms with E-state index in [2.05, 4.69) is 6.92 Å². The van der Waals surface area contributed by atoms with Crippen LogP contribution in [0.4, 0.5) is 8.78 Å². The third-order valence-electron chi connectivity index (χ3n) is 1.27. The van der Waals surface area contributed by atoms with Gasteiger partial charge in [-0.25, -0.2) is 8.78 Å². The molecular formula is C7H13F2. The Morgan fingerprint density at radius 1 is 1.33 bits per heavy atom. The van der Waals surface area contributed by atoms with Gasteiger partial charge in [0, 0.05) is 6.42 Å². The van der Waals surface area contributed by atoms with Gasteiger partial charge in [0.2, 0.25) is 0 Å². The molecule has 2 atom stereocenters. The number of alkyl halides is 2. The molecule has 2 heteroatoms. The van der Waals surface area contributed by atoms with Crippen LogP contribution < -0.4 is 0 Å². The lowest BCUT2D eigenvalue weighted by Crippen LogP contribution is -2.07. The second-order valence-electron chi connectivity index (χ2n) is 2.13. The summed E-state index contributed by atoms with van der Waals surface area (Å²) >= 11 is 0. The van der Waals surface area contributed by atoms with Crippen LogP contribution in [0.25, 0.3) is 0 Å². The standard InChI is InChI=1S/C7H13F2/c1-3-6(8)5-7(9)4-2/h6-7H,1,3-5H2,2H3/t6?,7-/m0/s1. The summed E-state index contributed by atoms with van der Waals surface area (Å²) in [7, 11) is 0. The minimum absolute atomic E-state index is 0.0139. The molecule has 0 aliphatic rings. The van der Waals surface area contributed by atoms with Gasteiger partial charge < -0.3 is 0 Å². The van der Waals surface area contributed by atoms with Crippen molar-refractivity contribution in [2.75, 3.05) is 0 Å². The highest BCUT2D eigenvalue weighted by Crippen LogP contribution is 2.11. The van der Waals surface area contributed by atoms with Crippen LogP contribution in [0, 0.1) is 6.92 Å². The zero-order valence-electron chi connectivity index (χ0n) is 5.74. The number of rotatable bonds is 4. The van der Waals surface area contributed by atoms with Crippen molar-refractivity contribution in [3.8, 4) is 0 Å². The maximum Gasteiger partial charge on any atom is 0.103 e. The van der Waals surface area contributed by atoms with E-state index in [1.807, 2.05) is 0 Å². The van der Waals surface area contributed by atoms with E-state index in [9.17, 15) is 8.78 Å². The van der Waals surface area contributed by atoms with Crippen molar-refractivity contribution in [1.29, 1.82) is 0 Å². The Labute approximate surface area is 55.3 Å². The molecule has 0 aliphatic carbocycles. The van der Waals surface area contributed by atoms with E-state index in [1.165, 1.54) is 0 Å². The minimum atomic E-state index is -1.06. The van der Waals surface area contributed by atoms with Crippen molar-refractivity contribution in [3.63, 3.8) is 0 Å². The van der Waals surface area contributed by atoms with Crippen LogP contribution in [0.3, 0.4) is 0 Å². The number of halogens is 2. The first-order chi connectivity index (χ1) is 4.20. The second-order valence-corrected chi connectivity index (χ2v) is 2.13.